The Morgan fingerprint density at radius 2 is 1.09 bits per heavy atom. The lowest BCUT2D eigenvalue weighted by Crippen LogP contribution is -2.24. The number of nitrogens with zero attached hydrogens (tertiary/aromatic N) is 6. The molecule has 0 fully saturated rings. The van der Waals surface area contributed by atoms with Crippen molar-refractivity contribution in [3.63, 3.8) is 0 Å². The number of imidazole rings is 2. The monoisotopic (exact) mass is 723 g/mol. The number of rotatable bonds is 6. The van der Waals surface area contributed by atoms with Gasteiger partial charge < -0.3 is 15.5 Å². The van der Waals surface area contributed by atoms with Crippen molar-refractivity contribution >= 4 is 44.6 Å². The summed E-state index contributed by atoms with van der Waals surface area (Å²) in [5, 5.41) is 0. The highest BCUT2D eigenvalue weighted by molar-refractivity contribution is 5.97. The highest BCUT2D eigenvalue weighted by atomic mass is 16.1. The van der Waals surface area contributed by atoms with E-state index >= 15 is 0 Å². The molecule has 282 valence electrons. The second-order valence-electron chi connectivity index (χ2n) is 13.6. The van der Waals surface area contributed by atoms with Crippen molar-refractivity contribution in [3.8, 4) is 11.4 Å². The summed E-state index contributed by atoms with van der Waals surface area (Å²) in [7, 11) is 5.84. The van der Waals surface area contributed by atoms with E-state index in [1.165, 1.54) is 29.3 Å². The van der Waals surface area contributed by atoms with Crippen molar-refractivity contribution in [2.45, 2.75) is 41.5 Å². The van der Waals surface area contributed by atoms with Gasteiger partial charge in [-0.15, -0.1) is 0 Å². The lowest BCUT2D eigenvalue weighted by atomic mass is 10.0. The van der Waals surface area contributed by atoms with Crippen molar-refractivity contribution in [1.29, 1.82) is 0 Å². The van der Waals surface area contributed by atoms with Gasteiger partial charge in [-0.3, -0.25) is 13.9 Å². The van der Waals surface area contributed by atoms with Gasteiger partial charge in [0.1, 0.15) is 12.7 Å². The lowest BCUT2D eigenvalue weighted by molar-refractivity contribution is 0.101. The zero-order chi connectivity index (χ0) is 36.8. The van der Waals surface area contributed by atoms with Gasteiger partial charge >= 0.3 is 0 Å². The van der Waals surface area contributed by atoms with Crippen LogP contribution in [0.2, 0.25) is 0 Å². The first-order valence-corrected chi connectivity index (χ1v) is 17.9. The maximum atomic E-state index is 11.6. The summed E-state index contributed by atoms with van der Waals surface area (Å²) in [5.74, 6) is 0.0619. The maximum Gasteiger partial charge on any atom is 0.159 e. The Kier molecular flexibility index (Phi) is 14.2. The zero-order valence-electron chi connectivity index (χ0n) is 31.0. The quantitative estimate of drug-likeness (QED) is 0.172. The molecule has 8 rings (SSSR count). The highest BCUT2D eigenvalue weighted by Gasteiger charge is 2.14. The van der Waals surface area contributed by atoms with E-state index in [0.29, 0.717) is 5.56 Å². The Bertz CT molecular complexity index is 2130. The van der Waals surface area contributed by atoms with Crippen LogP contribution in [0.15, 0.2) is 116 Å². The van der Waals surface area contributed by atoms with Crippen LogP contribution in [-0.4, -0.2) is 82.0 Å². The maximum absolute atomic E-state index is 11.6. The van der Waals surface area contributed by atoms with Crippen LogP contribution >= 0.6 is 0 Å². The Balaban J connectivity index is 0.000000222. The van der Waals surface area contributed by atoms with E-state index in [-0.39, 0.29) is 20.6 Å². The molecule has 0 atom stereocenters. The van der Waals surface area contributed by atoms with Gasteiger partial charge in [0, 0.05) is 43.1 Å². The first-order valence-electron chi connectivity index (χ1n) is 17.9. The molecule has 0 saturated carbocycles. The van der Waals surface area contributed by atoms with E-state index in [9.17, 15) is 4.79 Å². The molecular formula is C46H57N7O. The van der Waals surface area contributed by atoms with Crippen molar-refractivity contribution in [1.82, 2.24) is 28.9 Å². The average molecular weight is 724 g/mol. The van der Waals surface area contributed by atoms with Crippen LogP contribution in [-0.2, 0) is 0 Å². The molecular weight excluding hydrogens is 667 g/mol. The molecule has 0 saturated heterocycles. The third-order valence-electron chi connectivity index (χ3n) is 9.67. The highest BCUT2D eigenvalue weighted by Crippen LogP contribution is 2.27. The number of carbonyl (C=O) groups excluding carboxylic acids is 1. The molecule has 0 radical (unpaired) electrons. The van der Waals surface area contributed by atoms with Crippen molar-refractivity contribution in [2.24, 2.45) is 5.73 Å². The molecule has 0 unspecified atom stereocenters. The zero-order valence-corrected chi connectivity index (χ0v) is 31.0. The summed E-state index contributed by atoms with van der Waals surface area (Å²) in [4.78, 5) is 25.4. The number of ketones is 1. The average Bonchev–Trinajstić information content (AvgIpc) is 3.80. The van der Waals surface area contributed by atoms with Gasteiger partial charge in [-0.1, -0.05) is 69.5 Å². The van der Waals surface area contributed by atoms with Gasteiger partial charge in [0.25, 0.3) is 0 Å². The van der Waals surface area contributed by atoms with Crippen LogP contribution in [0.5, 0.6) is 0 Å². The minimum atomic E-state index is 0. The number of benzene rings is 4. The summed E-state index contributed by atoms with van der Waals surface area (Å²) in [6.07, 6.45) is 10.7. The molecule has 8 heteroatoms. The second kappa shape index (κ2) is 18.6. The number of Topliss-reactive ketones (excluding diaryl/α,β-unsaturated/α-hetero) is 1. The molecule has 2 aliphatic rings. The van der Waals surface area contributed by atoms with Crippen molar-refractivity contribution in [2.75, 3.05) is 47.3 Å². The molecule has 4 heterocycles. The van der Waals surface area contributed by atoms with Crippen molar-refractivity contribution in [3.05, 3.63) is 139 Å². The van der Waals surface area contributed by atoms with Gasteiger partial charge in [-0.05, 0) is 130 Å². The summed E-state index contributed by atoms with van der Waals surface area (Å²) in [5.41, 5.74) is 18.9. The topological polar surface area (TPSA) is 85.2 Å². The number of fused-ring (bicyclic) bond motifs is 2. The van der Waals surface area contributed by atoms with E-state index in [4.69, 9.17) is 0 Å². The summed E-state index contributed by atoms with van der Waals surface area (Å²) < 4.78 is 4.24. The van der Waals surface area contributed by atoms with Gasteiger partial charge in [0.15, 0.2) is 5.78 Å². The van der Waals surface area contributed by atoms with Gasteiger partial charge in [0.05, 0.1) is 22.1 Å². The third kappa shape index (κ3) is 9.20. The Hall–Kier alpha value is -5.41. The number of aromatic nitrogens is 4. The molecule has 2 aromatic heterocycles. The molecule has 0 amide bonds. The van der Waals surface area contributed by atoms with Crippen LogP contribution in [0.1, 0.15) is 68.6 Å². The molecule has 8 nitrogen and oxygen atoms in total. The van der Waals surface area contributed by atoms with Gasteiger partial charge in [-0.25, -0.2) is 9.97 Å². The number of hydrogen-bond donors (Lipinski definition) is 1. The molecule has 0 spiro atoms. The smallest absolute Gasteiger partial charge is 0.159 e. The summed E-state index contributed by atoms with van der Waals surface area (Å²) >= 11 is 0. The van der Waals surface area contributed by atoms with E-state index in [2.05, 4.69) is 134 Å². The minimum Gasteiger partial charge on any atom is -0.333 e. The number of nitrogens with two attached hydrogens (primary N) is 1. The Morgan fingerprint density at radius 1 is 0.648 bits per heavy atom. The first kappa shape index (κ1) is 41.3. The number of hydrogen-bond acceptors (Lipinski definition) is 6. The molecule has 6 aromatic rings. The standard InChI is InChI=1S/C22H23N3.C21H21N3O.CH5N.2CH4/c1-16(2)17-9-10-22-21(13-17)23-15-25(22)20-8-4-6-18(12-20)19-7-5-11-24(3)14-19;1-15(25)16-8-9-21-20(12-16)22-14-24(21)19-7-3-5-17(11-19)18-6-4-10-23(2)13-18;1-2;;/h4,6-10,12-13,15H,1,5,11,14H2,2-3H3;3,5-9,11-12,14H,4,10,13H2,1-2H3;2H2,1H3;2*1H4. The molecule has 4 aromatic carbocycles. The summed E-state index contributed by atoms with van der Waals surface area (Å²) in [6.45, 7) is 11.9. The molecule has 2 aliphatic heterocycles. The first-order chi connectivity index (χ1) is 25.2. The van der Waals surface area contributed by atoms with E-state index in [1.54, 1.807) is 6.92 Å². The van der Waals surface area contributed by atoms with Crippen LogP contribution in [0.4, 0.5) is 0 Å². The molecule has 2 N–H and O–H groups in total. The normalized spacial score (nSPS) is 14.3. The second-order valence-corrected chi connectivity index (χ2v) is 13.6. The third-order valence-corrected chi connectivity index (χ3v) is 9.67. The summed E-state index contributed by atoms with van der Waals surface area (Å²) in [6, 6.07) is 29.4. The minimum absolute atomic E-state index is 0. The van der Waals surface area contributed by atoms with Crippen molar-refractivity contribution < 1.29 is 4.79 Å². The fourth-order valence-corrected chi connectivity index (χ4v) is 6.84. The van der Waals surface area contributed by atoms with Gasteiger partial charge in [-0.2, -0.15) is 0 Å². The van der Waals surface area contributed by atoms with E-state index in [1.807, 2.05) is 37.8 Å². The Morgan fingerprint density at radius 3 is 1.52 bits per heavy atom. The van der Waals surface area contributed by atoms with Gasteiger partial charge in [0.2, 0.25) is 0 Å². The number of allylic oxidation sites excluding steroid dienone is 1. The molecule has 0 aliphatic carbocycles. The largest absolute Gasteiger partial charge is 0.333 e. The number of likely N-dealkylation sites (N-methyl/N-ethyl adjacent to an activating group) is 2. The lowest BCUT2D eigenvalue weighted by Gasteiger charge is -2.23. The van der Waals surface area contributed by atoms with Crippen LogP contribution in [0, 0.1) is 0 Å². The number of carbonyl (C=O) groups is 1. The predicted molar refractivity (Wildman–Crippen MR) is 231 cm³/mol. The SMILES string of the molecule is C.C.C=C(C)c1ccc2c(c1)ncn2-c1cccc(C2=CCCN(C)C2)c1.CC(=O)c1ccc2c(c1)ncn2-c1cccc(C2=CCCN(C)C2)c1.CN. The molecule has 0 bridgehead atoms. The fraction of sp³-hybridized carbons (Fsp3) is 0.283. The Labute approximate surface area is 322 Å². The van der Waals surface area contributed by atoms with E-state index in [0.717, 1.165) is 83.6 Å². The van der Waals surface area contributed by atoms with Crippen LogP contribution < -0.4 is 5.73 Å². The fourth-order valence-electron chi connectivity index (χ4n) is 6.84. The van der Waals surface area contributed by atoms with Crippen LogP contribution in [0.25, 0.3) is 50.2 Å². The van der Waals surface area contributed by atoms with E-state index < -0.39 is 0 Å². The van der Waals surface area contributed by atoms with Crippen LogP contribution in [0.3, 0.4) is 0 Å². The molecule has 54 heavy (non-hydrogen) atoms. The predicted octanol–water partition coefficient (Wildman–Crippen LogP) is 9.57.